The van der Waals surface area contributed by atoms with Gasteiger partial charge >= 0.3 is 0 Å². The fourth-order valence-electron chi connectivity index (χ4n) is 1.37. The molecule has 0 aromatic rings. The van der Waals surface area contributed by atoms with Gasteiger partial charge in [0.05, 0.1) is 6.04 Å². The zero-order valence-corrected chi connectivity index (χ0v) is 4.91. The molecule has 8 heavy (non-hydrogen) atoms. The van der Waals surface area contributed by atoms with E-state index in [2.05, 4.69) is 10.6 Å². The van der Waals surface area contributed by atoms with E-state index in [-0.39, 0.29) is 0 Å². The molecular formula is C6H11N2. The summed E-state index contributed by atoms with van der Waals surface area (Å²) in [6, 6.07) is 2.28. The minimum Gasteiger partial charge on any atom is -0.310 e. The Kier molecular flexibility index (Phi) is 1.02. The summed E-state index contributed by atoms with van der Waals surface area (Å²) in [5.74, 6) is 0. The van der Waals surface area contributed by atoms with Gasteiger partial charge in [0.1, 0.15) is 0 Å². The van der Waals surface area contributed by atoms with Crippen LogP contribution in [0.4, 0.5) is 0 Å². The van der Waals surface area contributed by atoms with E-state index in [1.54, 1.807) is 0 Å². The predicted molar refractivity (Wildman–Crippen MR) is 32.3 cm³/mol. The maximum absolute atomic E-state index is 3.37. The van der Waals surface area contributed by atoms with Crippen LogP contribution in [0.25, 0.3) is 0 Å². The van der Waals surface area contributed by atoms with Crippen LogP contribution in [0.2, 0.25) is 0 Å². The van der Waals surface area contributed by atoms with Gasteiger partial charge in [-0.25, -0.2) is 0 Å². The Bertz CT molecular complexity index is 80.5. The zero-order chi connectivity index (χ0) is 5.40. The predicted octanol–water partition coefficient (Wildman–Crippen LogP) is -0.126. The molecule has 2 aliphatic rings. The van der Waals surface area contributed by atoms with E-state index < -0.39 is 0 Å². The molecule has 0 amide bonds. The van der Waals surface area contributed by atoms with Gasteiger partial charge in [0.25, 0.3) is 0 Å². The highest BCUT2D eigenvalue weighted by Crippen LogP contribution is 2.20. The van der Waals surface area contributed by atoms with E-state index in [4.69, 9.17) is 0 Å². The SMILES string of the molecule is C1CN[C]2CNC2C1. The fraction of sp³-hybridized carbons (Fsp3) is 0.833. The van der Waals surface area contributed by atoms with E-state index in [9.17, 15) is 0 Å². The summed E-state index contributed by atoms with van der Waals surface area (Å²) in [7, 11) is 0. The van der Waals surface area contributed by atoms with Crippen LogP contribution in [-0.2, 0) is 0 Å². The van der Waals surface area contributed by atoms with Gasteiger partial charge in [0.2, 0.25) is 0 Å². The van der Waals surface area contributed by atoms with E-state index in [1.807, 2.05) is 0 Å². The summed E-state index contributed by atoms with van der Waals surface area (Å²) in [6.07, 6.45) is 2.68. The largest absolute Gasteiger partial charge is 0.310 e. The molecule has 45 valence electrons. The maximum Gasteiger partial charge on any atom is 0.0673 e. The molecule has 0 aliphatic carbocycles. The molecule has 1 radical (unpaired) electrons. The Morgan fingerprint density at radius 3 is 2.88 bits per heavy atom. The molecule has 2 aliphatic heterocycles. The van der Waals surface area contributed by atoms with Crippen molar-refractivity contribution in [2.24, 2.45) is 0 Å². The van der Waals surface area contributed by atoms with Crippen LogP contribution in [0, 0.1) is 6.04 Å². The average Bonchev–Trinajstić information content (AvgIpc) is 1.72. The van der Waals surface area contributed by atoms with Gasteiger partial charge in [0, 0.05) is 12.6 Å². The number of fused-ring (bicyclic) bond motifs is 1. The van der Waals surface area contributed by atoms with E-state index in [1.165, 1.54) is 25.4 Å². The number of nitrogens with one attached hydrogen (secondary N) is 2. The minimum atomic E-state index is 0.740. The van der Waals surface area contributed by atoms with Gasteiger partial charge < -0.3 is 10.6 Å². The molecule has 0 bridgehead atoms. The Morgan fingerprint density at radius 2 is 2.50 bits per heavy atom. The van der Waals surface area contributed by atoms with E-state index in [0.29, 0.717) is 0 Å². The number of rotatable bonds is 0. The molecule has 1 unspecified atom stereocenters. The maximum atomic E-state index is 3.37. The van der Waals surface area contributed by atoms with Crippen LogP contribution in [0.1, 0.15) is 12.8 Å². The summed E-state index contributed by atoms with van der Waals surface area (Å²) in [5, 5.41) is 6.72. The van der Waals surface area contributed by atoms with Crippen molar-refractivity contribution < 1.29 is 0 Å². The normalized spacial score (nSPS) is 38.2. The van der Waals surface area contributed by atoms with Gasteiger partial charge in [-0.2, -0.15) is 0 Å². The second-order valence-corrected chi connectivity index (χ2v) is 2.53. The van der Waals surface area contributed by atoms with Crippen LogP contribution < -0.4 is 10.6 Å². The Balaban J connectivity index is 1.92. The summed E-state index contributed by atoms with van der Waals surface area (Å²) < 4.78 is 0. The highest BCUT2D eigenvalue weighted by atomic mass is 15.1. The molecule has 2 nitrogen and oxygen atoms in total. The molecule has 0 aromatic carbocycles. The van der Waals surface area contributed by atoms with Crippen LogP contribution in [-0.4, -0.2) is 19.1 Å². The standard InChI is InChI=1S/C6H11N2/c1-2-5-6(4-8-5)7-3-1/h5,7-8H,1-4H2. The summed E-state index contributed by atoms with van der Waals surface area (Å²) in [6.45, 7) is 2.32. The second-order valence-electron chi connectivity index (χ2n) is 2.53. The first-order chi connectivity index (χ1) is 3.97. The fourth-order valence-corrected chi connectivity index (χ4v) is 1.37. The van der Waals surface area contributed by atoms with Crippen molar-refractivity contribution in [3.05, 3.63) is 6.04 Å². The van der Waals surface area contributed by atoms with Gasteiger partial charge in [-0.3, -0.25) is 0 Å². The first-order valence-corrected chi connectivity index (χ1v) is 3.30. The van der Waals surface area contributed by atoms with Gasteiger partial charge in [-0.15, -0.1) is 0 Å². The van der Waals surface area contributed by atoms with Crippen molar-refractivity contribution in [3.63, 3.8) is 0 Å². The molecule has 2 heteroatoms. The van der Waals surface area contributed by atoms with E-state index >= 15 is 0 Å². The topological polar surface area (TPSA) is 24.1 Å². The van der Waals surface area contributed by atoms with Crippen molar-refractivity contribution in [1.29, 1.82) is 0 Å². The van der Waals surface area contributed by atoms with E-state index in [0.717, 1.165) is 12.6 Å². The molecule has 2 fully saturated rings. The highest BCUT2D eigenvalue weighted by molar-refractivity contribution is 5.12. The third kappa shape index (κ3) is 0.565. The van der Waals surface area contributed by atoms with Crippen LogP contribution in [0.15, 0.2) is 0 Å². The molecule has 2 rings (SSSR count). The number of hydrogen-bond acceptors (Lipinski definition) is 2. The second kappa shape index (κ2) is 1.71. The first-order valence-electron chi connectivity index (χ1n) is 3.30. The van der Waals surface area contributed by atoms with Crippen molar-refractivity contribution in [2.75, 3.05) is 13.1 Å². The summed E-state index contributed by atoms with van der Waals surface area (Å²) in [4.78, 5) is 0. The van der Waals surface area contributed by atoms with Crippen LogP contribution in [0.5, 0.6) is 0 Å². The van der Waals surface area contributed by atoms with Gasteiger partial charge in [-0.1, -0.05) is 0 Å². The highest BCUT2D eigenvalue weighted by Gasteiger charge is 2.32. The van der Waals surface area contributed by atoms with Crippen molar-refractivity contribution in [1.82, 2.24) is 10.6 Å². The lowest BCUT2D eigenvalue weighted by Gasteiger charge is -2.41. The van der Waals surface area contributed by atoms with Crippen molar-refractivity contribution >= 4 is 0 Å². The van der Waals surface area contributed by atoms with Gasteiger partial charge in [-0.05, 0) is 19.4 Å². The lowest BCUT2D eigenvalue weighted by Crippen LogP contribution is -2.59. The summed E-state index contributed by atoms with van der Waals surface area (Å²) >= 11 is 0. The minimum absolute atomic E-state index is 0.740. The molecule has 1 atom stereocenters. The molecule has 2 N–H and O–H groups in total. The van der Waals surface area contributed by atoms with Crippen molar-refractivity contribution in [2.45, 2.75) is 18.9 Å². The number of piperidine rings is 1. The molecule has 2 saturated heterocycles. The molecule has 2 heterocycles. The quantitative estimate of drug-likeness (QED) is 0.455. The smallest absolute Gasteiger partial charge is 0.0673 e. The van der Waals surface area contributed by atoms with Crippen LogP contribution in [0.3, 0.4) is 0 Å². The monoisotopic (exact) mass is 111 g/mol. The average molecular weight is 111 g/mol. The first kappa shape index (κ1) is 4.77. The Morgan fingerprint density at radius 1 is 1.50 bits per heavy atom. The molecule has 0 saturated carbocycles. The lowest BCUT2D eigenvalue weighted by molar-refractivity contribution is 0.299. The molecule has 0 spiro atoms. The lowest BCUT2D eigenvalue weighted by atomic mass is 9.92. The number of hydrogen-bond donors (Lipinski definition) is 2. The Hall–Kier alpha value is -0.0800. The van der Waals surface area contributed by atoms with Crippen LogP contribution >= 0.6 is 0 Å². The third-order valence-electron chi connectivity index (χ3n) is 1.98. The molecular weight excluding hydrogens is 100 g/mol. The van der Waals surface area contributed by atoms with Gasteiger partial charge in [0.15, 0.2) is 0 Å². The Labute approximate surface area is 49.7 Å². The third-order valence-corrected chi connectivity index (χ3v) is 1.98. The summed E-state index contributed by atoms with van der Waals surface area (Å²) in [5.41, 5.74) is 0. The van der Waals surface area contributed by atoms with Crippen molar-refractivity contribution in [3.8, 4) is 0 Å². The zero-order valence-electron chi connectivity index (χ0n) is 4.91. The molecule has 0 aromatic heterocycles.